The van der Waals surface area contributed by atoms with Crippen molar-refractivity contribution in [1.29, 1.82) is 0 Å². The average molecular weight is 504 g/mol. The number of H-pyrrole nitrogens is 1. The zero-order valence-corrected chi connectivity index (χ0v) is 19.7. The highest BCUT2D eigenvalue weighted by atomic mass is 35.5. The van der Waals surface area contributed by atoms with Gasteiger partial charge in [0.2, 0.25) is 0 Å². The van der Waals surface area contributed by atoms with Crippen LogP contribution in [-0.2, 0) is 13.0 Å². The molecule has 0 saturated carbocycles. The lowest BCUT2D eigenvalue weighted by atomic mass is 10.1. The summed E-state index contributed by atoms with van der Waals surface area (Å²) in [5.41, 5.74) is 4.26. The molecule has 0 aliphatic carbocycles. The molecule has 5 aromatic rings. The summed E-state index contributed by atoms with van der Waals surface area (Å²) in [6.45, 7) is 0.493. The van der Waals surface area contributed by atoms with Crippen LogP contribution in [0.25, 0.3) is 22.7 Å². The maximum atomic E-state index is 6.25. The average Bonchev–Trinajstić information content (AvgIpc) is 3.40. The first-order chi connectivity index (χ1) is 15.1. The number of halogens is 3. The van der Waals surface area contributed by atoms with E-state index in [1.807, 2.05) is 60.0 Å². The van der Waals surface area contributed by atoms with E-state index in [2.05, 4.69) is 15.0 Å². The molecule has 0 saturated heterocycles. The molecule has 0 amide bonds. The van der Waals surface area contributed by atoms with Crippen molar-refractivity contribution in [3.8, 4) is 17.3 Å². The Hall–Kier alpha value is -2.64. The largest absolute Gasteiger partial charge is 0.489 e. The second-order valence-corrected chi connectivity index (χ2v) is 8.69. The van der Waals surface area contributed by atoms with Crippen LogP contribution in [0.15, 0.2) is 66.0 Å². The monoisotopic (exact) mass is 502 g/mol. The van der Waals surface area contributed by atoms with Crippen LogP contribution in [0, 0.1) is 0 Å². The Bertz CT molecular complexity index is 1350. The summed E-state index contributed by atoms with van der Waals surface area (Å²) in [4.78, 5) is 16.7. The van der Waals surface area contributed by atoms with E-state index in [1.165, 1.54) is 0 Å². The van der Waals surface area contributed by atoms with Gasteiger partial charge in [0.15, 0.2) is 11.5 Å². The van der Waals surface area contributed by atoms with E-state index < -0.39 is 0 Å². The minimum atomic E-state index is 0. The molecular formula is C23H17Cl3N4OS. The van der Waals surface area contributed by atoms with Gasteiger partial charge in [-0.25, -0.2) is 15.0 Å². The SMILES string of the molecule is Cl.Clc1ccc(OCc2ccccc2)c(Cc2nc(-c3nc4nc(Cl)ccc4[nH]3)cs2)c1. The number of fused-ring (bicyclic) bond motifs is 1. The van der Waals surface area contributed by atoms with Gasteiger partial charge in [0.25, 0.3) is 0 Å². The topological polar surface area (TPSA) is 63.7 Å². The lowest BCUT2D eigenvalue weighted by Gasteiger charge is -2.11. The Morgan fingerprint density at radius 2 is 1.78 bits per heavy atom. The molecule has 0 unspecified atom stereocenters. The minimum Gasteiger partial charge on any atom is -0.489 e. The van der Waals surface area contributed by atoms with Crippen LogP contribution >= 0.6 is 46.9 Å². The molecule has 5 nitrogen and oxygen atoms in total. The van der Waals surface area contributed by atoms with Gasteiger partial charge in [0.1, 0.15) is 23.2 Å². The van der Waals surface area contributed by atoms with E-state index in [0.29, 0.717) is 34.7 Å². The zero-order chi connectivity index (χ0) is 21.2. The van der Waals surface area contributed by atoms with Crippen LogP contribution in [0.1, 0.15) is 16.1 Å². The number of pyridine rings is 1. The molecule has 0 spiro atoms. The highest BCUT2D eigenvalue weighted by molar-refractivity contribution is 7.10. The molecule has 0 fully saturated rings. The Balaban J connectivity index is 0.00000245. The van der Waals surface area contributed by atoms with Gasteiger partial charge in [-0.2, -0.15) is 0 Å². The van der Waals surface area contributed by atoms with Gasteiger partial charge < -0.3 is 9.72 Å². The molecule has 1 N–H and O–H groups in total. The molecule has 0 radical (unpaired) electrons. The molecule has 3 heterocycles. The number of rotatable bonds is 6. The van der Waals surface area contributed by atoms with Crippen molar-refractivity contribution in [2.75, 3.05) is 0 Å². The van der Waals surface area contributed by atoms with Crippen molar-refractivity contribution >= 4 is 58.1 Å². The first-order valence-corrected chi connectivity index (χ1v) is 11.2. The number of thiazole rings is 1. The summed E-state index contributed by atoms with van der Waals surface area (Å²) in [5, 5.41) is 3.99. The Morgan fingerprint density at radius 1 is 0.938 bits per heavy atom. The van der Waals surface area contributed by atoms with Gasteiger partial charge in [0.05, 0.1) is 10.5 Å². The molecule has 162 valence electrons. The molecule has 0 atom stereocenters. The van der Waals surface area contributed by atoms with Crippen molar-refractivity contribution in [2.45, 2.75) is 13.0 Å². The van der Waals surface area contributed by atoms with Gasteiger partial charge >= 0.3 is 0 Å². The van der Waals surface area contributed by atoms with E-state index in [-0.39, 0.29) is 12.4 Å². The van der Waals surface area contributed by atoms with Gasteiger partial charge in [-0.3, -0.25) is 0 Å². The highest BCUT2D eigenvalue weighted by Gasteiger charge is 2.13. The van der Waals surface area contributed by atoms with Crippen LogP contribution in [0.4, 0.5) is 0 Å². The Kier molecular flexibility index (Phi) is 6.96. The number of aromatic nitrogens is 4. The molecule has 0 aliphatic heterocycles. The maximum absolute atomic E-state index is 6.25. The molecule has 2 aromatic carbocycles. The zero-order valence-electron chi connectivity index (χ0n) is 16.6. The summed E-state index contributed by atoms with van der Waals surface area (Å²) in [6, 6.07) is 19.3. The predicted octanol–water partition coefficient (Wildman–Crippen LogP) is 6.98. The van der Waals surface area contributed by atoms with Gasteiger partial charge in [0, 0.05) is 22.4 Å². The van der Waals surface area contributed by atoms with Crippen molar-refractivity contribution in [3.63, 3.8) is 0 Å². The van der Waals surface area contributed by atoms with E-state index in [1.54, 1.807) is 17.4 Å². The first kappa shape index (κ1) is 22.6. The van der Waals surface area contributed by atoms with Crippen molar-refractivity contribution in [3.05, 3.63) is 92.4 Å². The van der Waals surface area contributed by atoms with Crippen molar-refractivity contribution < 1.29 is 4.74 Å². The fourth-order valence-corrected chi connectivity index (χ4v) is 4.36. The number of nitrogens with zero attached hydrogens (tertiary/aromatic N) is 3. The smallest absolute Gasteiger partial charge is 0.179 e. The molecule has 0 bridgehead atoms. The summed E-state index contributed by atoms with van der Waals surface area (Å²) >= 11 is 13.8. The number of imidazole rings is 1. The second kappa shape index (κ2) is 9.88. The van der Waals surface area contributed by atoms with Gasteiger partial charge in [-0.15, -0.1) is 23.7 Å². The van der Waals surface area contributed by atoms with Crippen LogP contribution < -0.4 is 4.74 Å². The Morgan fingerprint density at radius 3 is 2.62 bits per heavy atom. The third-order valence-electron chi connectivity index (χ3n) is 4.71. The van der Waals surface area contributed by atoms with Crippen LogP contribution in [0.5, 0.6) is 5.75 Å². The molecule has 32 heavy (non-hydrogen) atoms. The lowest BCUT2D eigenvalue weighted by Crippen LogP contribution is -1.99. The van der Waals surface area contributed by atoms with Crippen molar-refractivity contribution in [2.24, 2.45) is 0 Å². The third-order valence-corrected chi connectivity index (χ3v) is 6.00. The molecule has 0 aliphatic rings. The third kappa shape index (κ3) is 5.05. The van der Waals surface area contributed by atoms with E-state index in [4.69, 9.17) is 32.9 Å². The summed E-state index contributed by atoms with van der Waals surface area (Å²) in [5.74, 6) is 1.46. The van der Waals surface area contributed by atoms with Crippen LogP contribution in [-0.4, -0.2) is 19.9 Å². The summed E-state index contributed by atoms with van der Waals surface area (Å²) in [6.07, 6.45) is 0.611. The van der Waals surface area contributed by atoms with E-state index in [9.17, 15) is 0 Å². The fourth-order valence-electron chi connectivity index (χ4n) is 3.22. The normalized spacial score (nSPS) is 10.8. The van der Waals surface area contributed by atoms with Crippen LogP contribution in [0.3, 0.4) is 0 Å². The summed E-state index contributed by atoms with van der Waals surface area (Å²) in [7, 11) is 0. The molecule has 5 rings (SSSR count). The highest BCUT2D eigenvalue weighted by Crippen LogP contribution is 2.29. The number of hydrogen-bond donors (Lipinski definition) is 1. The second-order valence-electron chi connectivity index (χ2n) is 6.92. The maximum Gasteiger partial charge on any atom is 0.179 e. The van der Waals surface area contributed by atoms with Gasteiger partial charge in [-0.1, -0.05) is 53.5 Å². The minimum absolute atomic E-state index is 0. The fraction of sp³-hybridized carbons (Fsp3) is 0.0870. The van der Waals surface area contributed by atoms with Crippen molar-refractivity contribution in [1.82, 2.24) is 19.9 Å². The first-order valence-electron chi connectivity index (χ1n) is 9.56. The summed E-state index contributed by atoms with van der Waals surface area (Å²) < 4.78 is 6.07. The molecular weight excluding hydrogens is 487 g/mol. The van der Waals surface area contributed by atoms with Crippen LogP contribution in [0.2, 0.25) is 10.2 Å². The lowest BCUT2D eigenvalue weighted by molar-refractivity contribution is 0.303. The number of benzene rings is 2. The quantitative estimate of drug-likeness (QED) is 0.254. The number of nitrogens with one attached hydrogen (secondary N) is 1. The molecule has 3 aromatic heterocycles. The number of ether oxygens (including phenoxy) is 1. The molecule has 9 heteroatoms. The van der Waals surface area contributed by atoms with Gasteiger partial charge in [-0.05, 0) is 35.9 Å². The van der Waals surface area contributed by atoms with E-state index >= 15 is 0 Å². The van der Waals surface area contributed by atoms with E-state index in [0.717, 1.165) is 33.1 Å². The number of hydrogen-bond acceptors (Lipinski definition) is 5. The predicted molar refractivity (Wildman–Crippen MR) is 132 cm³/mol. The number of aromatic amines is 1. The Labute approximate surface area is 204 Å². The standard InChI is InChI=1S/C23H16Cl2N4OS.ClH/c24-16-6-8-19(30-12-14-4-2-1-3-5-14)15(10-16)11-21-26-18(13-31-21)23-27-17-7-9-20(25)28-22(17)29-23;/h1-10,13H,11-12H2,(H,27,28,29);1H.